The molecule has 1 fully saturated rings. The molecular formula is C20H27ClN5O4P. The number of hydrogen-bond donors (Lipinski definition) is 3. The van der Waals surface area contributed by atoms with E-state index in [1.54, 1.807) is 6.20 Å². The van der Waals surface area contributed by atoms with Crippen molar-refractivity contribution in [1.82, 2.24) is 20.2 Å². The Balaban J connectivity index is 0.000000196. The van der Waals surface area contributed by atoms with Crippen LogP contribution in [-0.4, -0.2) is 69.1 Å². The summed E-state index contributed by atoms with van der Waals surface area (Å²) in [5.41, 5.74) is 1.85. The van der Waals surface area contributed by atoms with Crippen LogP contribution in [-0.2, 0) is 16.0 Å². The van der Waals surface area contributed by atoms with Crippen LogP contribution in [0.3, 0.4) is 0 Å². The molecular weight excluding hydrogens is 441 g/mol. The monoisotopic (exact) mass is 467 g/mol. The Kier molecular flexibility index (Phi) is 9.39. The lowest BCUT2D eigenvalue weighted by atomic mass is 10.2. The van der Waals surface area contributed by atoms with E-state index in [1.807, 2.05) is 30.1 Å². The number of ether oxygens (including phenoxy) is 2. The molecule has 1 aliphatic heterocycles. The topological polar surface area (TPSA) is 117 Å². The zero-order valence-corrected chi connectivity index (χ0v) is 19.0. The third-order valence-corrected chi connectivity index (χ3v) is 5.40. The van der Waals surface area contributed by atoms with Gasteiger partial charge in [-0.2, -0.15) is 15.1 Å². The van der Waals surface area contributed by atoms with E-state index in [2.05, 4.69) is 32.3 Å². The lowest BCUT2D eigenvalue weighted by Crippen LogP contribution is -2.18. The summed E-state index contributed by atoms with van der Waals surface area (Å²) < 4.78 is 10.5. The standard InChI is InChI=1S/C13H12ClN5.C7H15O4P/c1-19(8-9-5-3-2-4-6-9)12-10-7-15-18-11(10)16-13(14)17-12;8-12(9)5-4-10-6-7-2-1-3-11-7/h2-7H,8H2,1H3,(H,15,16,17,18);7-9H,1-6H2. The highest BCUT2D eigenvalue weighted by molar-refractivity contribution is 7.45. The van der Waals surface area contributed by atoms with Gasteiger partial charge in [0.1, 0.15) is 5.82 Å². The molecule has 0 amide bonds. The van der Waals surface area contributed by atoms with Crippen molar-refractivity contribution in [2.45, 2.75) is 25.5 Å². The maximum Gasteiger partial charge on any atom is 0.226 e. The van der Waals surface area contributed by atoms with Gasteiger partial charge in [-0.05, 0) is 30.0 Å². The summed E-state index contributed by atoms with van der Waals surface area (Å²) in [5.74, 6) is 0.771. The van der Waals surface area contributed by atoms with Crippen LogP contribution in [0.15, 0.2) is 36.5 Å². The van der Waals surface area contributed by atoms with Gasteiger partial charge < -0.3 is 24.2 Å². The maximum absolute atomic E-state index is 8.55. The first-order valence-electron chi connectivity index (χ1n) is 9.99. The zero-order valence-electron chi connectivity index (χ0n) is 17.3. The summed E-state index contributed by atoms with van der Waals surface area (Å²) >= 11 is 5.93. The van der Waals surface area contributed by atoms with Crippen LogP contribution in [0.1, 0.15) is 18.4 Å². The Morgan fingerprint density at radius 2 is 2.10 bits per heavy atom. The second-order valence-electron chi connectivity index (χ2n) is 7.10. The molecule has 1 aliphatic rings. The molecule has 2 aromatic heterocycles. The predicted molar refractivity (Wildman–Crippen MR) is 121 cm³/mol. The fourth-order valence-corrected chi connectivity index (χ4v) is 3.61. The van der Waals surface area contributed by atoms with Crippen LogP contribution in [0.25, 0.3) is 11.0 Å². The van der Waals surface area contributed by atoms with E-state index in [9.17, 15) is 0 Å². The van der Waals surface area contributed by atoms with Crippen molar-refractivity contribution in [3.05, 3.63) is 47.4 Å². The van der Waals surface area contributed by atoms with Crippen LogP contribution in [0.5, 0.6) is 0 Å². The van der Waals surface area contributed by atoms with Gasteiger partial charge in [0.15, 0.2) is 14.0 Å². The van der Waals surface area contributed by atoms with E-state index in [1.165, 1.54) is 5.56 Å². The molecule has 4 rings (SSSR count). The first-order chi connectivity index (χ1) is 15.0. The number of hydrogen-bond acceptors (Lipinski definition) is 8. The van der Waals surface area contributed by atoms with E-state index in [0.29, 0.717) is 25.0 Å². The summed E-state index contributed by atoms with van der Waals surface area (Å²) in [6.07, 6.45) is 4.45. The fraction of sp³-hybridized carbons (Fsp3) is 0.450. The first-order valence-corrected chi connectivity index (χ1v) is 11.8. The molecule has 9 nitrogen and oxygen atoms in total. The van der Waals surface area contributed by atoms with Crippen molar-refractivity contribution in [2.75, 3.05) is 37.9 Å². The Hall–Kier alpha value is -1.87. The smallest absolute Gasteiger partial charge is 0.226 e. The molecule has 0 saturated carbocycles. The number of aromatic amines is 1. The molecule has 0 bridgehead atoms. The van der Waals surface area contributed by atoms with Crippen LogP contribution in [0.2, 0.25) is 5.28 Å². The molecule has 1 aromatic carbocycles. The minimum Gasteiger partial charge on any atom is -0.378 e. The molecule has 1 atom stereocenters. The van der Waals surface area contributed by atoms with E-state index < -0.39 is 8.38 Å². The van der Waals surface area contributed by atoms with Gasteiger partial charge in [0.25, 0.3) is 0 Å². The second-order valence-corrected chi connectivity index (χ2v) is 8.63. The van der Waals surface area contributed by atoms with Crippen LogP contribution >= 0.6 is 20.0 Å². The summed E-state index contributed by atoms with van der Waals surface area (Å²) in [4.78, 5) is 27.5. The highest BCUT2D eigenvalue weighted by Gasteiger charge is 2.15. The Labute approximate surface area is 187 Å². The number of nitrogens with zero attached hydrogens (tertiary/aromatic N) is 4. The third kappa shape index (κ3) is 7.64. The summed E-state index contributed by atoms with van der Waals surface area (Å²) in [6, 6.07) is 10.2. The Morgan fingerprint density at radius 3 is 2.81 bits per heavy atom. The first kappa shape index (κ1) is 23.8. The number of rotatable bonds is 8. The van der Waals surface area contributed by atoms with E-state index in [4.69, 9.17) is 30.9 Å². The van der Waals surface area contributed by atoms with Gasteiger partial charge in [-0.1, -0.05) is 30.3 Å². The van der Waals surface area contributed by atoms with Gasteiger partial charge in [0, 0.05) is 26.4 Å². The Morgan fingerprint density at radius 1 is 1.29 bits per heavy atom. The van der Waals surface area contributed by atoms with Gasteiger partial charge >= 0.3 is 0 Å². The molecule has 168 valence electrons. The second kappa shape index (κ2) is 12.2. The number of fused-ring (bicyclic) bond motifs is 1. The van der Waals surface area contributed by atoms with Gasteiger partial charge in [-0.3, -0.25) is 5.10 Å². The Bertz CT molecular complexity index is 924. The largest absolute Gasteiger partial charge is 0.378 e. The quantitative estimate of drug-likeness (QED) is 0.263. The van der Waals surface area contributed by atoms with Crippen molar-refractivity contribution in [2.24, 2.45) is 0 Å². The van der Waals surface area contributed by atoms with Crippen molar-refractivity contribution in [3.63, 3.8) is 0 Å². The van der Waals surface area contributed by atoms with Crippen molar-refractivity contribution < 1.29 is 19.3 Å². The molecule has 1 saturated heterocycles. The molecule has 0 aliphatic carbocycles. The average molecular weight is 468 g/mol. The number of benzene rings is 1. The van der Waals surface area contributed by atoms with Gasteiger partial charge in [-0.15, -0.1) is 0 Å². The average Bonchev–Trinajstić information content (AvgIpc) is 3.43. The number of anilines is 1. The minimum atomic E-state index is -1.79. The molecule has 3 N–H and O–H groups in total. The summed E-state index contributed by atoms with van der Waals surface area (Å²) in [6.45, 7) is 2.58. The number of aromatic nitrogens is 4. The minimum absolute atomic E-state index is 0.215. The van der Waals surface area contributed by atoms with Gasteiger partial charge in [0.05, 0.1) is 30.9 Å². The molecule has 3 heterocycles. The molecule has 1 unspecified atom stereocenters. The molecule has 11 heteroatoms. The predicted octanol–water partition coefficient (Wildman–Crippen LogP) is 3.12. The molecule has 0 spiro atoms. The normalized spacial score (nSPS) is 15.8. The highest BCUT2D eigenvalue weighted by atomic mass is 35.5. The number of halogens is 1. The molecule has 0 radical (unpaired) electrons. The lowest BCUT2D eigenvalue weighted by molar-refractivity contribution is 0.0219. The van der Waals surface area contributed by atoms with Crippen LogP contribution < -0.4 is 4.90 Å². The molecule has 31 heavy (non-hydrogen) atoms. The van der Waals surface area contributed by atoms with E-state index >= 15 is 0 Å². The van der Waals surface area contributed by atoms with Crippen LogP contribution in [0, 0.1) is 0 Å². The van der Waals surface area contributed by atoms with Gasteiger partial charge in [0.2, 0.25) is 5.28 Å². The number of nitrogens with one attached hydrogen (secondary N) is 1. The lowest BCUT2D eigenvalue weighted by Gasteiger charge is -2.18. The zero-order chi connectivity index (χ0) is 22.1. The van der Waals surface area contributed by atoms with Crippen molar-refractivity contribution >= 4 is 36.8 Å². The van der Waals surface area contributed by atoms with E-state index in [0.717, 1.165) is 37.2 Å². The third-order valence-electron chi connectivity index (χ3n) is 4.65. The molecule has 3 aromatic rings. The van der Waals surface area contributed by atoms with Crippen LogP contribution in [0.4, 0.5) is 5.82 Å². The van der Waals surface area contributed by atoms with Crippen molar-refractivity contribution in [1.29, 1.82) is 0 Å². The number of H-pyrrole nitrogens is 1. The highest BCUT2D eigenvalue weighted by Crippen LogP contribution is 2.24. The van der Waals surface area contributed by atoms with Crippen molar-refractivity contribution in [3.8, 4) is 0 Å². The maximum atomic E-state index is 8.55. The fourth-order valence-electron chi connectivity index (χ4n) is 3.15. The van der Waals surface area contributed by atoms with Gasteiger partial charge in [-0.25, -0.2) is 0 Å². The SMILES string of the molecule is CN(Cc1ccccc1)c1nc(Cl)nc2[nH]ncc12.OP(O)CCOCC1CCCO1. The van der Waals surface area contributed by atoms with E-state index in [-0.39, 0.29) is 11.4 Å². The summed E-state index contributed by atoms with van der Waals surface area (Å²) in [7, 11) is 0.180. The summed E-state index contributed by atoms with van der Waals surface area (Å²) in [5, 5.41) is 7.87.